The highest BCUT2D eigenvalue weighted by molar-refractivity contribution is 7.92. The van der Waals surface area contributed by atoms with Gasteiger partial charge in [0, 0.05) is 12.3 Å². The summed E-state index contributed by atoms with van der Waals surface area (Å²) in [7, 11) is -4.10. The number of nitrogens with one attached hydrogen (secondary N) is 2. The van der Waals surface area contributed by atoms with Gasteiger partial charge in [0.25, 0.3) is 10.0 Å². The minimum absolute atomic E-state index is 0.268. The van der Waals surface area contributed by atoms with E-state index in [4.69, 9.17) is 0 Å². The topological polar surface area (TPSA) is 79.0 Å². The number of H-pyrrole nitrogens is 1. The molecule has 8 heteroatoms. The molecule has 1 aromatic heterocycles. The van der Waals surface area contributed by atoms with Gasteiger partial charge in [-0.1, -0.05) is 6.07 Å². The van der Waals surface area contributed by atoms with Gasteiger partial charge in [0.15, 0.2) is 11.6 Å². The Morgan fingerprint density at radius 3 is 2.47 bits per heavy atom. The molecular formula is C11H8F2N2O3S. The summed E-state index contributed by atoms with van der Waals surface area (Å²) in [5.74, 6) is -2.46. The number of rotatable bonds is 3. The van der Waals surface area contributed by atoms with E-state index in [0.717, 1.165) is 30.5 Å². The largest absolute Gasteiger partial charge is 0.328 e. The second kappa shape index (κ2) is 4.81. The number of sulfonamides is 1. The minimum atomic E-state index is -4.10. The molecule has 5 nitrogen and oxygen atoms in total. The van der Waals surface area contributed by atoms with Gasteiger partial charge in [0.05, 0.1) is 5.69 Å². The molecule has 19 heavy (non-hydrogen) atoms. The molecule has 0 aliphatic carbocycles. The van der Waals surface area contributed by atoms with Crippen molar-refractivity contribution >= 4 is 15.7 Å². The lowest BCUT2D eigenvalue weighted by molar-refractivity contribution is 0.511. The van der Waals surface area contributed by atoms with Crippen LogP contribution >= 0.6 is 0 Å². The van der Waals surface area contributed by atoms with E-state index in [1.165, 1.54) is 6.07 Å². The van der Waals surface area contributed by atoms with Crippen molar-refractivity contribution in [1.82, 2.24) is 4.98 Å². The lowest BCUT2D eigenvalue weighted by atomic mass is 10.3. The SMILES string of the molecule is O=c1ccc(S(=O)(=O)Nc2cccc(F)c2F)c[nH]1. The van der Waals surface area contributed by atoms with Crippen LogP contribution in [0.15, 0.2) is 46.2 Å². The summed E-state index contributed by atoms with van der Waals surface area (Å²) in [6.45, 7) is 0. The zero-order chi connectivity index (χ0) is 14.0. The van der Waals surface area contributed by atoms with Crippen LogP contribution in [0.5, 0.6) is 0 Å². The molecule has 100 valence electrons. The first-order valence-corrected chi connectivity index (χ1v) is 6.54. The van der Waals surface area contributed by atoms with Crippen LogP contribution in [0.3, 0.4) is 0 Å². The van der Waals surface area contributed by atoms with E-state index in [1.54, 1.807) is 0 Å². The van der Waals surface area contributed by atoms with Crippen LogP contribution in [-0.2, 0) is 10.0 Å². The van der Waals surface area contributed by atoms with Gasteiger partial charge in [0.1, 0.15) is 4.90 Å². The minimum Gasteiger partial charge on any atom is -0.328 e. The maximum Gasteiger partial charge on any atom is 0.263 e. The van der Waals surface area contributed by atoms with Crippen LogP contribution in [-0.4, -0.2) is 13.4 Å². The van der Waals surface area contributed by atoms with E-state index in [-0.39, 0.29) is 4.90 Å². The van der Waals surface area contributed by atoms with E-state index in [9.17, 15) is 22.0 Å². The number of aromatic nitrogens is 1. The van der Waals surface area contributed by atoms with E-state index in [0.29, 0.717) is 0 Å². The molecular weight excluding hydrogens is 278 g/mol. The molecule has 0 amide bonds. The molecule has 0 aliphatic rings. The average Bonchev–Trinajstić information content (AvgIpc) is 2.35. The van der Waals surface area contributed by atoms with Crippen LogP contribution in [0, 0.1) is 11.6 Å². The first-order chi connectivity index (χ1) is 8.90. The van der Waals surface area contributed by atoms with E-state index in [2.05, 4.69) is 4.98 Å². The zero-order valence-corrected chi connectivity index (χ0v) is 10.2. The first-order valence-electron chi connectivity index (χ1n) is 5.06. The molecule has 2 aromatic rings. The predicted octanol–water partition coefficient (Wildman–Crippen LogP) is 1.45. The summed E-state index contributed by atoms with van der Waals surface area (Å²) in [5, 5.41) is 0. The quantitative estimate of drug-likeness (QED) is 0.896. The maximum absolute atomic E-state index is 13.4. The number of benzene rings is 1. The number of aromatic amines is 1. The molecule has 2 N–H and O–H groups in total. The molecule has 0 atom stereocenters. The fourth-order valence-corrected chi connectivity index (χ4v) is 2.38. The highest BCUT2D eigenvalue weighted by atomic mass is 32.2. The van der Waals surface area contributed by atoms with Crippen molar-refractivity contribution in [3.63, 3.8) is 0 Å². The Morgan fingerprint density at radius 1 is 1.11 bits per heavy atom. The highest BCUT2D eigenvalue weighted by Gasteiger charge is 2.17. The molecule has 1 heterocycles. The fourth-order valence-electron chi connectivity index (χ4n) is 1.35. The fraction of sp³-hybridized carbons (Fsp3) is 0. The van der Waals surface area contributed by atoms with Crippen LogP contribution in [0.4, 0.5) is 14.5 Å². The smallest absolute Gasteiger partial charge is 0.263 e. The van der Waals surface area contributed by atoms with Crippen molar-refractivity contribution in [2.45, 2.75) is 4.90 Å². The van der Waals surface area contributed by atoms with E-state index < -0.39 is 32.9 Å². The molecule has 0 bridgehead atoms. The van der Waals surface area contributed by atoms with Crippen LogP contribution < -0.4 is 10.3 Å². The number of halogens is 2. The Hall–Kier alpha value is -2.22. The number of hydrogen-bond donors (Lipinski definition) is 2. The molecule has 0 radical (unpaired) electrons. The highest BCUT2D eigenvalue weighted by Crippen LogP contribution is 2.20. The molecule has 0 unspecified atom stereocenters. The second-order valence-corrected chi connectivity index (χ2v) is 5.28. The third-order valence-corrected chi connectivity index (χ3v) is 3.63. The van der Waals surface area contributed by atoms with Gasteiger partial charge in [-0.2, -0.15) is 0 Å². The normalized spacial score (nSPS) is 11.3. The molecule has 0 saturated heterocycles. The molecule has 0 aliphatic heterocycles. The lowest BCUT2D eigenvalue weighted by Gasteiger charge is -2.08. The number of hydrogen-bond acceptors (Lipinski definition) is 3. The van der Waals surface area contributed by atoms with Crippen LogP contribution in [0.2, 0.25) is 0 Å². The molecule has 0 saturated carbocycles. The van der Waals surface area contributed by atoms with Gasteiger partial charge in [0.2, 0.25) is 5.56 Å². The molecule has 0 spiro atoms. The standard InChI is InChI=1S/C11H8F2N2O3S/c12-8-2-1-3-9(11(8)13)15-19(17,18)7-4-5-10(16)14-6-7/h1-6,15H,(H,14,16). The number of pyridine rings is 1. The Kier molecular flexibility index (Phi) is 3.34. The van der Waals surface area contributed by atoms with Gasteiger partial charge >= 0.3 is 0 Å². The van der Waals surface area contributed by atoms with Crippen molar-refractivity contribution in [2.75, 3.05) is 4.72 Å². The predicted molar refractivity (Wildman–Crippen MR) is 64.2 cm³/mol. The van der Waals surface area contributed by atoms with Crippen LogP contribution in [0.25, 0.3) is 0 Å². The monoisotopic (exact) mass is 286 g/mol. The average molecular weight is 286 g/mol. The van der Waals surface area contributed by atoms with Gasteiger partial charge in [-0.25, -0.2) is 17.2 Å². The maximum atomic E-state index is 13.4. The van der Waals surface area contributed by atoms with Gasteiger partial charge in [-0.05, 0) is 18.2 Å². The summed E-state index contributed by atoms with van der Waals surface area (Å²) in [4.78, 5) is 12.7. The second-order valence-electron chi connectivity index (χ2n) is 3.60. The Morgan fingerprint density at radius 2 is 1.84 bits per heavy atom. The summed E-state index contributed by atoms with van der Waals surface area (Å²) < 4.78 is 51.9. The summed E-state index contributed by atoms with van der Waals surface area (Å²) >= 11 is 0. The third-order valence-electron chi connectivity index (χ3n) is 2.26. The van der Waals surface area contributed by atoms with Gasteiger partial charge in [-0.15, -0.1) is 0 Å². The lowest BCUT2D eigenvalue weighted by Crippen LogP contribution is -2.16. The van der Waals surface area contributed by atoms with Crippen LogP contribution in [0.1, 0.15) is 0 Å². The number of anilines is 1. The van der Waals surface area contributed by atoms with Crippen molar-refractivity contribution in [3.8, 4) is 0 Å². The third kappa shape index (κ3) is 2.79. The first kappa shape index (κ1) is 13.2. The van der Waals surface area contributed by atoms with Gasteiger partial charge < -0.3 is 4.98 Å². The van der Waals surface area contributed by atoms with E-state index in [1.807, 2.05) is 4.72 Å². The summed E-state index contributed by atoms with van der Waals surface area (Å²) in [6, 6.07) is 5.19. The Labute approximate surface area is 107 Å². The van der Waals surface area contributed by atoms with E-state index >= 15 is 0 Å². The van der Waals surface area contributed by atoms with Crippen molar-refractivity contribution in [1.29, 1.82) is 0 Å². The summed E-state index contributed by atoms with van der Waals surface area (Å²) in [6.07, 6.45) is 0.960. The molecule has 1 aromatic carbocycles. The summed E-state index contributed by atoms with van der Waals surface area (Å²) in [5.41, 5.74) is -0.984. The van der Waals surface area contributed by atoms with Crippen molar-refractivity contribution < 1.29 is 17.2 Å². The zero-order valence-electron chi connectivity index (χ0n) is 9.35. The van der Waals surface area contributed by atoms with Crippen molar-refractivity contribution in [2.24, 2.45) is 0 Å². The molecule has 0 fully saturated rings. The van der Waals surface area contributed by atoms with Crippen molar-refractivity contribution in [3.05, 3.63) is 58.5 Å². The Bertz CT molecular complexity index is 751. The molecule has 2 rings (SSSR count). The Balaban J connectivity index is 2.39. The van der Waals surface area contributed by atoms with Gasteiger partial charge in [-0.3, -0.25) is 9.52 Å².